The molecule has 0 bridgehead atoms. The molecule has 0 radical (unpaired) electrons. The van der Waals surface area contributed by atoms with E-state index in [-0.39, 0.29) is 5.92 Å². The molecule has 0 aliphatic heterocycles. The van der Waals surface area contributed by atoms with Gasteiger partial charge in [0.05, 0.1) is 0 Å². The first-order chi connectivity index (χ1) is 15.1. The van der Waals surface area contributed by atoms with Gasteiger partial charge in [-0.05, 0) is 59.4 Å². The molecule has 1 amide bonds. The number of rotatable bonds is 4. The molecule has 156 valence electrons. The van der Waals surface area contributed by atoms with Gasteiger partial charge in [-0.2, -0.15) is 0 Å². The number of hydrogen-bond acceptors (Lipinski definition) is 3. The number of anilines is 1. The summed E-state index contributed by atoms with van der Waals surface area (Å²) in [5, 5.41) is 2.79. The summed E-state index contributed by atoms with van der Waals surface area (Å²) in [5.74, 6) is 6.33. The predicted octanol–water partition coefficient (Wildman–Crippen LogP) is 5.17. The lowest BCUT2D eigenvalue weighted by Gasteiger charge is -2.14. The Kier molecular flexibility index (Phi) is 5.95. The lowest BCUT2D eigenvalue weighted by Crippen LogP contribution is -2.26. The molecule has 0 saturated carbocycles. The smallest absolute Gasteiger partial charge is 0.407 e. The van der Waals surface area contributed by atoms with Gasteiger partial charge in [0.1, 0.15) is 6.61 Å². The van der Waals surface area contributed by atoms with Crippen LogP contribution in [-0.2, 0) is 4.74 Å². The Labute approximate surface area is 183 Å². The van der Waals surface area contributed by atoms with Crippen molar-refractivity contribution in [2.45, 2.75) is 26.2 Å². The average Bonchev–Trinajstić information content (AvgIpc) is 3.11. The molecule has 1 aliphatic carbocycles. The first-order valence-corrected chi connectivity index (χ1v) is 10.5. The number of nitrogens with two attached hydrogens (primary N) is 1. The highest BCUT2D eigenvalue weighted by atomic mass is 16.5. The number of fused-ring (bicyclic) bond motifs is 3. The SMILES string of the molecule is Cc1c(N)ccc(C#CCCNC(=O)OCC2c3ccccc3-c3ccccc32)c1C. The van der Waals surface area contributed by atoms with Crippen molar-refractivity contribution >= 4 is 11.8 Å². The Balaban J connectivity index is 1.30. The van der Waals surface area contributed by atoms with E-state index in [1.54, 1.807) is 0 Å². The van der Waals surface area contributed by atoms with Crippen molar-refractivity contribution in [2.75, 3.05) is 18.9 Å². The quantitative estimate of drug-likeness (QED) is 0.354. The van der Waals surface area contributed by atoms with E-state index in [1.807, 2.05) is 50.2 Å². The van der Waals surface area contributed by atoms with E-state index in [0.29, 0.717) is 19.6 Å². The molecule has 0 heterocycles. The molecule has 0 saturated heterocycles. The Bertz CT molecular complexity index is 1140. The number of nitrogens with one attached hydrogen (secondary N) is 1. The van der Waals surface area contributed by atoms with Gasteiger partial charge in [0.2, 0.25) is 0 Å². The van der Waals surface area contributed by atoms with E-state index in [9.17, 15) is 4.79 Å². The second-order valence-corrected chi connectivity index (χ2v) is 7.76. The van der Waals surface area contributed by atoms with Gasteiger partial charge in [0, 0.05) is 30.1 Å². The van der Waals surface area contributed by atoms with Crippen molar-refractivity contribution < 1.29 is 9.53 Å². The fraction of sp³-hybridized carbons (Fsp3) is 0.222. The van der Waals surface area contributed by atoms with Crippen LogP contribution in [0.2, 0.25) is 0 Å². The van der Waals surface area contributed by atoms with Crippen molar-refractivity contribution in [3.63, 3.8) is 0 Å². The minimum Gasteiger partial charge on any atom is -0.449 e. The van der Waals surface area contributed by atoms with Gasteiger partial charge in [-0.25, -0.2) is 4.79 Å². The fourth-order valence-electron chi connectivity index (χ4n) is 4.01. The molecule has 3 aromatic carbocycles. The first kappa shape index (κ1) is 20.6. The summed E-state index contributed by atoms with van der Waals surface area (Å²) in [7, 11) is 0. The number of carbonyl (C=O) groups excluding carboxylic acids is 1. The minimum absolute atomic E-state index is 0.0645. The van der Waals surface area contributed by atoms with Gasteiger partial charge >= 0.3 is 6.09 Å². The van der Waals surface area contributed by atoms with Crippen molar-refractivity contribution in [1.82, 2.24) is 5.32 Å². The molecule has 3 N–H and O–H groups in total. The number of amides is 1. The lowest BCUT2D eigenvalue weighted by molar-refractivity contribution is 0.143. The number of hydrogen-bond donors (Lipinski definition) is 2. The molecule has 4 heteroatoms. The zero-order valence-corrected chi connectivity index (χ0v) is 17.9. The van der Waals surface area contributed by atoms with Crippen LogP contribution in [0.25, 0.3) is 11.1 Å². The van der Waals surface area contributed by atoms with Crippen LogP contribution in [0, 0.1) is 25.7 Å². The van der Waals surface area contributed by atoms with Crippen LogP contribution in [0.5, 0.6) is 0 Å². The summed E-state index contributed by atoms with van der Waals surface area (Å²) < 4.78 is 5.54. The second-order valence-electron chi connectivity index (χ2n) is 7.76. The van der Waals surface area contributed by atoms with Crippen molar-refractivity contribution in [2.24, 2.45) is 0 Å². The molecule has 0 aromatic heterocycles. The molecule has 3 aromatic rings. The average molecular weight is 411 g/mol. The molecule has 4 rings (SSSR count). The Hall–Kier alpha value is -3.71. The van der Waals surface area contributed by atoms with E-state index in [0.717, 1.165) is 22.4 Å². The molecular formula is C27H26N2O2. The monoisotopic (exact) mass is 410 g/mol. The summed E-state index contributed by atoms with van der Waals surface area (Å²) in [5.41, 5.74) is 14.7. The largest absolute Gasteiger partial charge is 0.449 e. The van der Waals surface area contributed by atoms with Crippen LogP contribution in [0.4, 0.5) is 10.5 Å². The highest BCUT2D eigenvalue weighted by molar-refractivity contribution is 5.79. The van der Waals surface area contributed by atoms with Crippen LogP contribution >= 0.6 is 0 Å². The van der Waals surface area contributed by atoms with Crippen LogP contribution in [-0.4, -0.2) is 19.2 Å². The standard InChI is InChI=1S/C27H26N2O2/c1-18-19(2)26(28)15-14-20(18)9-7-8-16-29-27(30)31-17-25-23-12-5-3-10-21(23)22-11-4-6-13-24(22)25/h3-6,10-15,25H,8,16-17,28H2,1-2H3,(H,29,30). The highest BCUT2D eigenvalue weighted by Crippen LogP contribution is 2.44. The van der Waals surface area contributed by atoms with Crippen LogP contribution in [0.15, 0.2) is 60.7 Å². The molecule has 0 spiro atoms. The third kappa shape index (κ3) is 4.27. The Morgan fingerprint density at radius 2 is 1.61 bits per heavy atom. The lowest BCUT2D eigenvalue weighted by atomic mass is 9.98. The highest BCUT2D eigenvalue weighted by Gasteiger charge is 2.28. The first-order valence-electron chi connectivity index (χ1n) is 10.5. The number of nitrogen functional groups attached to an aromatic ring is 1. The number of carbonyl (C=O) groups is 1. The summed E-state index contributed by atoms with van der Waals surface area (Å²) in [6.45, 7) is 4.77. The van der Waals surface area contributed by atoms with E-state index < -0.39 is 6.09 Å². The van der Waals surface area contributed by atoms with E-state index in [1.165, 1.54) is 22.3 Å². The van der Waals surface area contributed by atoms with Gasteiger partial charge < -0.3 is 15.8 Å². The predicted molar refractivity (Wildman–Crippen MR) is 125 cm³/mol. The normalized spacial score (nSPS) is 11.8. The van der Waals surface area contributed by atoms with Crippen molar-refractivity contribution in [1.29, 1.82) is 0 Å². The number of benzene rings is 3. The number of alkyl carbamates (subject to hydrolysis) is 1. The van der Waals surface area contributed by atoms with Gasteiger partial charge in [-0.15, -0.1) is 0 Å². The second kappa shape index (κ2) is 8.97. The van der Waals surface area contributed by atoms with Crippen molar-refractivity contribution in [3.05, 3.63) is 88.5 Å². The van der Waals surface area contributed by atoms with Gasteiger partial charge in [0.25, 0.3) is 0 Å². The van der Waals surface area contributed by atoms with Crippen molar-refractivity contribution in [3.8, 4) is 23.0 Å². The zero-order chi connectivity index (χ0) is 21.8. The van der Waals surface area contributed by atoms with E-state index in [4.69, 9.17) is 10.5 Å². The summed E-state index contributed by atoms with van der Waals surface area (Å²) in [6.07, 6.45) is 0.135. The molecule has 1 aliphatic rings. The third-order valence-electron chi connectivity index (χ3n) is 5.92. The molecule has 0 unspecified atom stereocenters. The minimum atomic E-state index is -0.414. The molecule has 0 fully saturated rings. The van der Waals surface area contributed by atoms with Gasteiger partial charge in [-0.3, -0.25) is 0 Å². The zero-order valence-electron chi connectivity index (χ0n) is 17.9. The molecule has 4 nitrogen and oxygen atoms in total. The summed E-state index contributed by atoms with van der Waals surface area (Å²) >= 11 is 0. The molecule has 31 heavy (non-hydrogen) atoms. The van der Waals surface area contributed by atoms with Gasteiger partial charge in [-0.1, -0.05) is 60.4 Å². The Morgan fingerprint density at radius 3 is 2.29 bits per heavy atom. The maximum atomic E-state index is 12.2. The maximum Gasteiger partial charge on any atom is 0.407 e. The fourth-order valence-corrected chi connectivity index (χ4v) is 4.01. The maximum absolute atomic E-state index is 12.2. The third-order valence-corrected chi connectivity index (χ3v) is 5.92. The van der Waals surface area contributed by atoms with E-state index >= 15 is 0 Å². The molecular weight excluding hydrogens is 384 g/mol. The summed E-state index contributed by atoms with van der Waals surface area (Å²) in [4.78, 5) is 12.2. The van der Waals surface area contributed by atoms with Crippen LogP contribution in [0.3, 0.4) is 0 Å². The Morgan fingerprint density at radius 1 is 0.968 bits per heavy atom. The molecule has 0 atom stereocenters. The van der Waals surface area contributed by atoms with Crippen LogP contribution < -0.4 is 11.1 Å². The van der Waals surface area contributed by atoms with Gasteiger partial charge in [0.15, 0.2) is 0 Å². The topological polar surface area (TPSA) is 64.3 Å². The summed E-state index contributed by atoms with van der Waals surface area (Å²) in [6, 6.07) is 20.4. The van der Waals surface area contributed by atoms with E-state index in [2.05, 4.69) is 41.4 Å². The number of ether oxygens (including phenoxy) is 1. The van der Waals surface area contributed by atoms with Crippen LogP contribution in [0.1, 0.15) is 40.2 Å².